The van der Waals surface area contributed by atoms with E-state index in [-0.39, 0.29) is 0 Å². The van der Waals surface area contributed by atoms with Crippen molar-refractivity contribution in [3.63, 3.8) is 0 Å². The Hall–Kier alpha value is -0.0800. The van der Waals surface area contributed by atoms with Crippen LogP contribution in [0, 0.1) is 5.92 Å². The number of rotatable bonds is 1. The Labute approximate surface area is 81.3 Å². The molecule has 0 aromatic carbocycles. The maximum atomic E-state index is 5.72. The number of hydrogen-bond donors (Lipinski definition) is 0. The molecular formula is C11H21NO. The van der Waals surface area contributed by atoms with Crippen molar-refractivity contribution in [1.29, 1.82) is 0 Å². The Balaban J connectivity index is 1.85. The zero-order valence-corrected chi connectivity index (χ0v) is 8.99. The van der Waals surface area contributed by atoms with Crippen LogP contribution in [-0.4, -0.2) is 36.2 Å². The monoisotopic (exact) mass is 183 g/mol. The van der Waals surface area contributed by atoms with Gasteiger partial charge < -0.3 is 4.74 Å². The fourth-order valence-electron chi connectivity index (χ4n) is 2.67. The molecule has 0 aromatic rings. The van der Waals surface area contributed by atoms with Crippen LogP contribution in [0.3, 0.4) is 0 Å². The minimum Gasteiger partial charge on any atom is -0.373 e. The smallest absolute Gasteiger partial charge is 0.0678 e. The molecule has 1 saturated heterocycles. The molecule has 2 nitrogen and oxygen atoms in total. The summed E-state index contributed by atoms with van der Waals surface area (Å²) in [7, 11) is 0. The van der Waals surface area contributed by atoms with Crippen molar-refractivity contribution < 1.29 is 4.74 Å². The fraction of sp³-hybridized carbons (Fsp3) is 1.00. The third-order valence-corrected chi connectivity index (χ3v) is 3.31. The first kappa shape index (κ1) is 9.47. The first-order chi connectivity index (χ1) is 6.15. The lowest BCUT2D eigenvalue weighted by molar-refractivity contribution is -0.0950. The first-order valence-electron chi connectivity index (χ1n) is 5.54. The SMILES string of the molecule is CC1CC(N2CC(C)OC(C)C2)C1. The number of morpholine rings is 1. The molecule has 2 atom stereocenters. The summed E-state index contributed by atoms with van der Waals surface area (Å²) in [6, 6.07) is 0.865. The van der Waals surface area contributed by atoms with E-state index in [0.717, 1.165) is 25.0 Å². The molecule has 0 bridgehead atoms. The Morgan fingerprint density at radius 3 is 2.00 bits per heavy atom. The molecular weight excluding hydrogens is 162 g/mol. The molecule has 1 heterocycles. The van der Waals surface area contributed by atoms with Crippen LogP contribution < -0.4 is 0 Å². The molecule has 0 amide bonds. The van der Waals surface area contributed by atoms with Gasteiger partial charge in [0.1, 0.15) is 0 Å². The maximum Gasteiger partial charge on any atom is 0.0678 e. The van der Waals surface area contributed by atoms with Crippen LogP contribution in [0.25, 0.3) is 0 Å². The second kappa shape index (κ2) is 3.58. The zero-order chi connectivity index (χ0) is 9.42. The number of nitrogens with zero attached hydrogens (tertiary/aromatic N) is 1. The number of ether oxygens (including phenoxy) is 1. The number of hydrogen-bond acceptors (Lipinski definition) is 2. The molecule has 2 rings (SSSR count). The van der Waals surface area contributed by atoms with E-state index in [1.165, 1.54) is 12.8 Å². The summed E-state index contributed by atoms with van der Waals surface area (Å²) in [6.45, 7) is 9.00. The summed E-state index contributed by atoms with van der Waals surface area (Å²) >= 11 is 0. The van der Waals surface area contributed by atoms with E-state index in [0.29, 0.717) is 12.2 Å². The minimum absolute atomic E-state index is 0.430. The topological polar surface area (TPSA) is 12.5 Å². The van der Waals surface area contributed by atoms with Crippen LogP contribution >= 0.6 is 0 Å². The average molecular weight is 183 g/mol. The summed E-state index contributed by atoms with van der Waals surface area (Å²) < 4.78 is 5.72. The van der Waals surface area contributed by atoms with Crippen molar-refractivity contribution in [2.75, 3.05) is 13.1 Å². The summed E-state index contributed by atoms with van der Waals surface area (Å²) in [5, 5.41) is 0. The Morgan fingerprint density at radius 1 is 1.00 bits per heavy atom. The van der Waals surface area contributed by atoms with Crippen LogP contribution in [0.5, 0.6) is 0 Å². The fourth-order valence-corrected chi connectivity index (χ4v) is 2.67. The lowest BCUT2D eigenvalue weighted by Crippen LogP contribution is -2.53. The van der Waals surface area contributed by atoms with Crippen LogP contribution in [-0.2, 0) is 4.74 Å². The Morgan fingerprint density at radius 2 is 1.54 bits per heavy atom. The predicted octanol–water partition coefficient (Wildman–Crippen LogP) is 1.89. The first-order valence-corrected chi connectivity index (χ1v) is 5.54. The van der Waals surface area contributed by atoms with Gasteiger partial charge in [0.25, 0.3) is 0 Å². The standard InChI is InChI=1S/C11H21NO/c1-8-4-11(5-8)12-6-9(2)13-10(3)7-12/h8-11H,4-7H2,1-3H3. The molecule has 2 aliphatic rings. The van der Waals surface area contributed by atoms with Gasteiger partial charge in [0.05, 0.1) is 12.2 Å². The van der Waals surface area contributed by atoms with E-state index in [2.05, 4.69) is 25.7 Å². The molecule has 2 unspecified atom stereocenters. The molecule has 1 aliphatic heterocycles. The minimum atomic E-state index is 0.430. The van der Waals surface area contributed by atoms with Gasteiger partial charge in [-0.15, -0.1) is 0 Å². The third-order valence-electron chi connectivity index (χ3n) is 3.31. The molecule has 0 radical (unpaired) electrons. The van der Waals surface area contributed by atoms with Gasteiger partial charge in [0.2, 0.25) is 0 Å². The Kier molecular flexibility index (Phi) is 2.61. The molecule has 2 heteroatoms. The Bertz CT molecular complexity index is 167. The highest BCUT2D eigenvalue weighted by Crippen LogP contribution is 2.32. The van der Waals surface area contributed by atoms with Crippen molar-refractivity contribution in [3.05, 3.63) is 0 Å². The van der Waals surface area contributed by atoms with E-state index < -0.39 is 0 Å². The van der Waals surface area contributed by atoms with Crippen molar-refractivity contribution in [2.45, 2.75) is 51.9 Å². The third kappa shape index (κ3) is 2.05. The van der Waals surface area contributed by atoms with Gasteiger partial charge in [-0.3, -0.25) is 4.90 Å². The van der Waals surface area contributed by atoms with Crippen LogP contribution in [0.4, 0.5) is 0 Å². The molecule has 0 aromatic heterocycles. The summed E-state index contributed by atoms with van der Waals surface area (Å²) in [5.74, 6) is 0.957. The molecule has 1 aliphatic carbocycles. The average Bonchev–Trinajstić information content (AvgIpc) is 1.96. The van der Waals surface area contributed by atoms with Gasteiger partial charge in [0.15, 0.2) is 0 Å². The highest BCUT2D eigenvalue weighted by Gasteiger charge is 2.34. The van der Waals surface area contributed by atoms with Gasteiger partial charge in [0, 0.05) is 19.1 Å². The molecule has 1 saturated carbocycles. The second-order valence-electron chi connectivity index (χ2n) is 4.94. The van der Waals surface area contributed by atoms with Gasteiger partial charge in [-0.1, -0.05) is 6.92 Å². The van der Waals surface area contributed by atoms with E-state index in [1.54, 1.807) is 0 Å². The lowest BCUT2D eigenvalue weighted by atomic mass is 9.80. The van der Waals surface area contributed by atoms with E-state index in [4.69, 9.17) is 4.74 Å². The van der Waals surface area contributed by atoms with Crippen molar-refractivity contribution in [3.8, 4) is 0 Å². The van der Waals surface area contributed by atoms with Gasteiger partial charge in [-0.05, 0) is 32.6 Å². The van der Waals surface area contributed by atoms with E-state index in [9.17, 15) is 0 Å². The highest BCUT2D eigenvalue weighted by atomic mass is 16.5. The molecule has 13 heavy (non-hydrogen) atoms. The molecule has 0 spiro atoms. The maximum absolute atomic E-state index is 5.72. The second-order valence-corrected chi connectivity index (χ2v) is 4.94. The van der Waals surface area contributed by atoms with Crippen molar-refractivity contribution in [1.82, 2.24) is 4.90 Å². The van der Waals surface area contributed by atoms with E-state index >= 15 is 0 Å². The van der Waals surface area contributed by atoms with E-state index in [1.807, 2.05) is 0 Å². The highest BCUT2D eigenvalue weighted by molar-refractivity contribution is 4.88. The zero-order valence-electron chi connectivity index (χ0n) is 8.99. The van der Waals surface area contributed by atoms with Gasteiger partial charge >= 0.3 is 0 Å². The largest absolute Gasteiger partial charge is 0.373 e. The van der Waals surface area contributed by atoms with Crippen molar-refractivity contribution >= 4 is 0 Å². The van der Waals surface area contributed by atoms with Crippen molar-refractivity contribution in [2.24, 2.45) is 5.92 Å². The summed E-state index contributed by atoms with van der Waals surface area (Å²) in [6.07, 6.45) is 3.66. The van der Waals surface area contributed by atoms with Crippen LogP contribution in [0.2, 0.25) is 0 Å². The molecule has 76 valence electrons. The predicted molar refractivity (Wildman–Crippen MR) is 53.8 cm³/mol. The molecule has 0 N–H and O–H groups in total. The lowest BCUT2D eigenvalue weighted by Gasteiger charge is -2.46. The quantitative estimate of drug-likeness (QED) is 0.615. The normalized spacial score (nSPS) is 47.3. The molecule has 2 fully saturated rings. The van der Waals surface area contributed by atoms with Gasteiger partial charge in [-0.25, -0.2) is 0 Å². The van der Waals surface area contributed by atoms with Gasteiger partial charge in [-0.2, -0.15) is 0 Å². The van der Waals surface area contributed by atoms with Crippen LogP contribution in [0.15, 0.2) is 0 Å². The van der Waals surface area contributed by atoms with Crippen LogP contribution in [0.1, 0.15) is 33.6 Å². The summed E-state index contributed by atoms with van der Waals surface area (Å²) in [5.41, 5.74) is 0. The summed E-state index contributed by atoms with van der Waals surface area (Å²) in [4.78, 5) is 2.62.